The molecule has 0 aromatic carbocycles. The van der Waals surface area contributed by atoms with Gasteiger partial charge in [-0.05, 0) is 6.42 Å². The summed E-state index contributed by atoms with van der Waals surface area (Å²) in [6.45, 7) is 7.73. The maximum Gasteiger partial charge on any atom is 0.216 e. The van der Waals surface area contributed by atoms with Crippen LogP contribution in [0.1, 0.15) is 20.3 Å². The van der Waals surface area contributed by atoms with Gasteiger partial charge >= 0.3 is 0 Å². The van der Waals surface area contributed by atoms with Gasteiger partial charge in [-0.3, -0.25) is 4.79 Å². The van der Waals surface area contributed by atoms with Crippen LogP contribution in [0.25, 0.3) is 0 Å². The summed E-state index contributed by atoms with van der Waals surface area (Å²) in [5, 5.41) is 11.9. The predicted molar refractivity (Wildman–Crippen MR) is 64.3 cm³/mol. The maximum absolute atomic E-state index is 10.6. The number of halogens is 1. The minimum Gasteiger partial charge on any atom is -0.377 e. The highest BCUT2D eigenvalue weighted by atomic mass is 35.5. The van der Waals surface area contributed by atoms with Crippen LogP contribution in [0.5, 0.6) is 0 Å². The van der Waals surface area contributed by atoms with Gasteiger partial charge in [-0.1, -0.05) is 24.6 Å². The van der Waals surface area contributed by atoms with E-state index in [1.165, 1.54) is 6.92 Å². The van der Waals surface area contributed by atoms with Crippen molar-refractivity contribution in [2.75, 3.05) is 13.2 Å². The van der Waals surface area contributed by atoms with Crippen LogP contribution in [0.3, 0.4) is 0 Å². The summed E-state index contributed by atoms with van der Waals surface area (Å²) in [5.41, 5.74) is -0.939. The lowest BCUT2D eigenvalue weighted by molar-refractivity contribution is -0.119. The normalized spacial score (nSPS) is 16.2. The average molecular weight is 250 g/mol. The second-order valence-electron chi connectivity index (χ2n) is 3.65. The Kier molecular flexibility index (Phi) is 8.25. The standard InChI is InChI=1S/C11H20ClNO3/c1-4-5-10(8(2)11(12)15)16-7-6-13-9(3)14/h4,8,10-11,15H,1,5-7H2,2-3H3,(H,13,14)/t8-,10+,11?/m0/s1. The van der Waals surface area contributed by atoms with E-state index >= 15 is 0 Å². The van der Waals surface area contributed by atoms with E-state index in [0.717, 1.165) is 0 Å². The minimum absolute atomic E-state index is 0.0886. The number of aliphatic hydroxyl groups excluding tert-OH is 1. The van der Waals surface area contributed by atoms with E-state index < -0.39 is 5.56 Å². The molecule has 16 heavy (non-hydrogen) atoms. The first-order chi connectivity index (χ1) is 7.49. The van der Waals surface area contributed by atoms with E-state index in [1.807, 2.05) is 6.92 Å². The van der Waals surface area contributed by atoms with Gasteiger partial charge in [-0.15, -0.1) is 6.58 Å². The number of ether oxygens (including phenoxy) is 1. The van der Waals surface area contributed by atoms with Gasteiger partial charge in [-0.2, -0.15) is 0 Å². The Bertz CT molecular complexity index is 221. The summed E-state index contributed by atoms with van der Waals surface area (Å²) in [5.74, 6) is -0.272. The van der Waals surface area contributed by atoms with Crippen molar-refractivity contribution in [3.05, 3.63) is 12.7 Å². The number of hydrogen-bond donors (Lipinski definition) is 2. The van der Waals surface area contributed by atoms with Crippen LogP contribution in [0.15, 0.2) is 12.7 Å². The topological polar surface area (TPSA) is 58.6 Å². The van der Waals surface area contributed by atoms with Gasteiger partial charge < -0.3 is 15.2 Å². The molecule has 0 rings (SSSR count). The van der Waals surface area contributed by atoms with Crippen molar-refractivity contribution in [2.24, 2.45) is 5.92 Å². The van der Waals surface area contributed by atoms with E-state index in [2.05, 4.69) is 11.9 Å². The first kappa shape index (κ1) is 15.4. The Morgan fingerprint density at radius 1 is 1.69 bits per heavy atom. The summed E-state index contributed by atoms with van der Waals surface area (Å²) >= 11 is 5.59. The van der Waals surface area contributed by atoms with Crippen LogP contribution < -0.4 is 5.32 Å². The van der Waals surface area contributed by atoms with Gasteiger partial charge in [0.2, 0.25) is 5.91 Å². The van der Waals surface area contributed by atoms with Crippen molar-refractivity contribution >= 4 is 17.5 Å². The monoisotopic (exact) mass is 249 g/mol. The van der Waals surface area contributed by atoms with Crippen molar-refractivity contribution < 1.29 is 14.6 Å². The SMILES string of the molecule is C=CC[C@@H](OCCNC(C)=O)[C@H](C)C(O)Cl. The van der Waals surface area contributed by atoms with E-state index in [4.69, 9.17) is 16.3 Å². The smallest absolute Gasteiger partial charge is 0.216 e. The fraction of sp³-hybridized carbons (Fsp3) is 0.727. The van der Waals surface area contributed by atoms with Crippen molar-refractivity contribution in [2.45, 2.75) is 31.9 Å². The summed E-state index contributed by atoms with van der Waals surface area (Å²) < 4.78 is 5.53. The Balaban J connectivity index is 3.93. The van der Waals surface area contributed by atoms with E-state index in [9.17, 15) is 9.90 Å². The molecule has 0 aliphatic heterocycles. The zero-order chi connectivity index (χ0) is 12.6. The van der Waals surface area contributed by atoms with Gasteiger partial charge in [0, 0.05) is 19.4 Å². The largest absolute Gasteiger partial charge is 0.377 e. The lowest BCUT2D eigenvalue weighted by Crippen LogP contribution is -2.32. The molecule has 0 saturated carbocycles. The second-order valence-corrected chi connectivity index (χ2v) is 4.10. The minimum atomic E-state index is -0.939. The quantitative estimate of drug-likeness (QED) is 0.387. The first-order valence-corrected chi connectivity index (χ1v) is 5.71. The van der Waals surface area contributed by atoms with Crippen molar-refractivity contribution in [3.8, 4) is 0 Å². The van der Waals surface area contributed by atoms with E-state index in [-0.39, 0.29) is 17.9 Å². The molecule has 0 aliphatic rings. The number of carbonyl (C=O) groups is 1. The molecule has 0 aromatic heterocycles. The van der Waals surface area contributed by atoms with Gasteiger partial charge in [0.15, 0.2) is 0 Å². The van der Waals surface area contributed by atoms with Crippen molar-refractivity contribution in [1.82, 2.24) is 5.32 Å². The number of carbonyl (C=O) groups excluding carboxylic acids is 1. The molecule has 1 amide bonds. The number of rotatable bonds is 8. The number of nitrogens with one attached hydrogen (secondary N) is 1. The lowest BCUT2D eigenvalue weighted by Gasteiger charge is -2.24. The molecule has 5 heteroatoms. The molecule has 0 spiro atoms. The molecule has 0 fully saturated rings. The molecule has 1 unspecified atom stereocenters. The molecule has 94 valence electrons. The third kappa shape index (κ3) is 6.82. The molecule has 0 aromatic rings. The molecule has 0 saturated heterocycles. The molecule has 0 heterocycles. The molecule has 4 nitrogen and oxygen atoms in total. The number of amides is 1. The second kappa shape index (κ2) is 8.56. The number of aliphatic hydroxyl groups is 1. The van der Waals surface area contributed by atoms with Crippen LogP contribution >= 0.6 is 11.6 Å². The van der Waals surface area contributed by atoms with Crippen LogP contribution in [-0.2, 0) is 9.53 Å². The number of hydrogen-bond acceptors (Lipinski definition) is 3. The highest BCUT2D eigenvalue weighted by Crippen LogP contribution is 2.18. The first-order valence-electron chi connectivity index (χ1n) is 5.28. The lowest BCUT2D eigenvalue weighted by atomic mass is 10.0. The van der Waals surface area contributed by atoms with E-state index in [0.29, 0.717) is 19.6 Å². The van der Waals surface area contributed by atoms with Crippen LogP contribution in [0, 0.1) is 5.92 Å². The van der Waals surface area contributed by atoms with Gasteiger partial charge in [-0.25, -0.2) is 0 Å². The zero-order valence-corrected chi connectivity index (χ0v) is 10.5. The van der Waals surface area contributed by atoms with Crippen LogP contribution in [-0.4, -0.2) is 35.8 Å². The Labute approximate surface area is 102 Å². The van der Waals surface area contributed by atoms with Crippen LogP contribution in [0.4, 0.5) is 0 Å². The molecule has 0 radical (unpaired) electrons. The fourth-order valence-corrected chi connectivity index (χ4v) is 1.38. The van der Waals surface area contributed by atoms with Gasteiger partial charge in [0.1, 0.15) is 5.56 Å². The van der Waals surface area contributed by atoms with Crippen molar-refractivity contribution in [1.29, 1.82) is 0 Å². The third-order valence-corrected chi connectivity index (χ3v) is 2.62. The molecule has 0 aliphatic carbocycles. The molecule has 3 atom stereocenters. The van der Waals surface area contributed by atoms with E-state index in [1.54, 1.807) is 6.08 Å². The molecular weight excluding hydrogens is 230 g/mol. The Morgan fingerprint density at radius 3 is 2.75 bits per heavy atom. The van der Waals surface area contributed by atoms with Crippen molar-refractivity contribution in [3.63, 3.8) is 0 Å². The number of alkyl halides is 1. The average Bonchev–Trinajstić information content (AvgIpc) is 2.21. The predicted octanol–water partition coefficient (Wildman–Crippen LogP) is 1.28. The summed E-state index contributed by atoms with van der Waals surface area (Å²) in [7, 11) is 0. The van der Waals surface area contributed by atoms with Crippen LogP contribution in [0.2, 0.25) is 0 Å². The maximum atomic E-state index is 10.6. The third-order valence-electron chi connectivity index (χ3n) is 2.23. The fourth-order valence-electron chi connectivity index (χ4n) is 1.21. The molecule has 2 N–H and O–H groups in total. The van der Waals surface area contributed by atoms with Gasteiger partial charge in [0.05, 0.1) is 12.7 Å². The summed E-state index contributed by atoms with van der Waals surface area (Å²) in [6.07, 6.45) is 2.16. The Hall–Kier alpha value is -0.580. The molecular formula is C11H20ClNO3. The van der Waals surface area contributed by atoms with Gasteiger partial charge in [0.25, 0.3) is 0 Å². The zero-order valence-electron chi connectivity index (χ0n) is 9.78. The highest BCUT2D eigenvalue weighted by molar-refractivity contribution is 6.19. The Morgan fingerprint density at radius 2 is 2.31 bits per heavy atom. The summed E-state index contributed by atoms with van der Waals surface area (Å²) in [6, 6.07) is 0. The molecule has 0 bridgehead atoms. The summed E-state index contributed by atoms with van der Waals surface area (Å²) in [4.78, 5) is 10.6. The highest BCUT2D eigenvalue weighted by Gasteiger charge is 2.22.